The van der Waals surface area contributed by atoms with Crippen LogP contribution in [0.5, 0.6) is 0 Å². The first kappa shape index (κ1) is 11.0. The van der Waals surface area contributed by atoms with E-state index >= 15 is 0 Å². The van der Waals surface area contributed by atoms with Crippen molar-refractivity contribution >= 4 is 5.69 Å². The number of nitrogens with two attached hydrogens (primary N) is 2. The van der Waals surface area contributed by atoms with Crippen LogP contribution in [0, 0.1) is 0 Å². The second kappa shape index (κ2) is 6.40. The lowest BCUT2D eigenvalue weighted by molar-refractivity contribution is 0.774. The Bertz CT molecular complexity index is 243. The van der Waals surface area contributed by atoms with Gasteiger partial charge in [-0.1, -0.05) is 12.1 Å². The van der Waals surface area contributed by atoms with Crippen molar-refractivity contribution in [2.24, 2.45) is 11.5 Å². The minimum atomic E-state index is 0.605. The molecule has 0 spiro atoms. The predicted octanol–water partition coefficient (Wildman–Crippen LogP) is 1.30. The fourth-order valence-corrected chi connectivity index (χ4v) is 1.26. The van der Waals surface area contributed by atoms with E-state index in [1.165, 1.54) is 0 Å². The van der Waals surface area contributed by atoms with Crippen LogP contribution in [0.4, 0.5) is 5.69 Å². The number of hydrogen-bond acceptors (Lipinski definition) is 3. The zero-order valence-corrected chi connectivity index (χ0v) is 8.50. The van der Waals surface area contributed by atoms with E-state index in [1.807, 2.05) is 12.1 Å². The summed E-state index contributed by atoms with van der Waals surface area (Å²) in [5.74, 6) is 0. The van der Waals surface area contributed by atoms with Crippen molar-refractivity contribution in [2.45, 2.75) is 19.4 Å². The quantitative estimate of drug-likeness (QED) is 0.597. The normalized spacial score (nSPS) is 10.1. The number of nitrogens with one attached hydrogen (secondary N) is 1. The molecular weight excluding hydrogens is 174 g/mol. The Morgan fingerprint density at radius 1 is 1.00 bits per heavy atom. The van der Waals surface area contributed by atoms with E-state index in [4.69, 9.17) is 11.5 Å². The van der Waals surface area contributed by atoms with E-state index < -0.39 is 0 Å². The lowest BCUT2D eigenvalue weighted by Gasteiger charge is -2.06. The molecule has 0 amide bonds. The number of unbranched alkanes of at least 4 members (excludes halogenated alkanes) is 1. The molecule has 1 rings (SSSR count). The van der Waals surface area contributed by atoms with Gasteiger partial charge in [0.25, 0.3) is 0 Å². The minimum absolute atomic E-state index is 0.605. The molecule has 0 heterocycles. The summed E-state index contributed by atoms with van der Waals surface area (Å²) in [6, 6.07) is 8.21. The summed E-state index contributed by atoms with van der Waals surface area (Å²) >= 11 is 0. The molecule has 0 aromatic heterocycles. The van der Waals surface area contributed by atoms with Gasteiger partial charge >= 0.3 is 0 Å². The smallest absolute Gasteiger partial charge is 0.0340 e. The van der Waals surface area contributed by atoms with E-state index in [-0.39, 0.29) is 0 Å². The molecule has 14 heavy (non-hydrogen) atoms. The van der Waals surface area contributed by atoms with Crippen LogP contribution in [0.25, 0.3) is 0 Å². The van der Waals surface area contributed by atoms with Crippen molar-refractivity contribution in [3.05, 3.63) is 29.8 Å². The average Bonchev–Trinajstić information content (AvgIpc) is 2.25. The fourth-order valence-electron chi connectivity index (χ4n) is 1.26. The first-order valence-corrected chi connectivity index (χ1v) is 5.09. The van der Waals surface area contributed by atoms with Gasteiger partial charge in [0.15, 0.2) is 0 Å². The highest BCUT2D eigenvalue weighted by molar-refractivity contribution is 5.44. The van der Waals surface area contributed by atoms with Gasteiger partial charge in [0.2, 0.25) is 0 Å². The summed E-state index contributed by atoms with van der Waals surface area (Å²) < 4.78 is 0. The van der Waals surface area contributed by atoms with Gasteiger partial charge in [-0.3, -0.25) is 0 Å². The zero-order valence-electron chi connectivity index (χ0n) is 8.50. The summed E-state index contributed by atoms with van der Waals surface area (Å²) in [7, 11) is 0. The Kier molecular flexibility index (Phi) is 5.04. The molecule has 0 atom stereocenters. The Labute approximate surface area is 85.5 Å². The highest BCUT2D eigenvalue weighted by Crippen LogP contribution is 2.08. The van der Waals surface area contributed by atoms with Crippen LogP contribution in [0.15, 0.2) is 24.3 Å². The number of hydrogen-bond donors (Lipinski definition) is 3. The Balaban J connectivity index is 2.29. The van der Waals surface area contributed by atoms with Crippen LogP contribution in [0.3, 0.4) is 0 Å². The molecule has 0 aliphatic carbocycles. The monoisotopic (exact) mass is 193 g/mol. The maximum atomic E-state index is 5.51. The average molecular weight is 193 g/mol. The minimum Gasteiger partial charge on any atom is -0.385 e. The molecule has 0 fully saturated rings. The molecule has 1 aromatic carbocycles. The second-order valence-corrected chi connectivity index (χ2v) is 3.32. The zero-order chi connectivity index (χ0) is 10.2. The summed E-state index contributed by atoms with van der Waals surface area (Å²) in [5.41, 5.74) is 13.2. The van der Waals surface area contributed by atoms with Crippen LogP contribution in [0.1, 0.15) is 18.4 Å². The first-order valence-electron chi connectivity index (χ1n) is 5.09. The second-order valence-electron chi connectivity index (χ2n) is 3.32. The Morgan fingerprint density at radius 2 is 1.71 bits per heavy atom. The maximum Gasteiger partial charge on any atom is 0.0340 e. The lowest BCUT2D eigenvalue weighted by atomic mass is 10.2. The largest absolute Gasteiger partial charge is 0.385 e. The topological polar surface area (TPSA) is 64.1 Å². The first-order chi connectivity index (χ1) is 6.86. The van der Waals surface area contributed by atoms with Crippen molar-refractivity contribution in [3.63, 3.8) is 0 Å². The van der Waals surface area contributed by atoms with Gasteiger partial charge in [0.05, 0.1) is 0 Å². The summed E-state index contributed by atoms with van der Waals surface area (Å²) in [4.78, 5) is 0. The van der Waals surface area contributed by atoms with Crippen LogP contribution in [-0.2, 0) is 6.54 Å². The van der Waals surface area contributed by atoms with Crippen molar-refractivity contribution in [1.82, 2.24) is 0 Å². The summed E-state index contributed by atoms with van der Waals surface area (Å²) in [6.45, 7) is 2.36. The van der Waals surface area contributed by atoms with E-state index in [0.717, 1.165) is 37.2 Å². The van der Waals surface area contributed by atoms with Crippen LogP contribution in [0.2, 0.25) is 0 Å². The molecule has 0 saturated carbocycles. The van der Waals surface area contributed by atoms with Gasteiger partial charge in [-0.05, 0) is 37.1 Å². The van der Waals surface area contributed by atoms with Gasteiger partial charge < -0.3 is 16.8 Å². The van der Waals surface area contributed by atoms with Gasteiger partial charge in [0, 0.05) is 18.8 Å². The molecule has 0 aliphatic heterocycles. The molecule has 0 aliphatic rings. The SMILES string of the molecule is NCCCCNc1ccc(CN)cc1. The Hall–Kier alpha value is -1.06. The molecule has 3 heteroatoms. The fraction of sp³-hybridized carbons (Fsp3) is 0.455. The lowest BCUT2D eigenvalue weighted by Crippen LogP contribution is -2.05. The van der Waals surface area contributed by atoms with Crippen LogP contribution >= 0.6 is 0 Å². The summed E-state index contributed by atoms with van der Waals surface area (Å²) in [6.07, 6.45) is 2.20. The summed E-state index contributed by atoms with van der Waals surface area (Å²) in [5, 5.41) is 3.33. The van der Waals surface area contributed by atoms with Crippen molar-refractivity contribution in [3.8, 4) is 0 Å². The molecular formula is C11H19N3. The molecule has 78 valence electrons. The molecule has 0 saturated heterocycles. The van der Waals surface area contributed by atoms with Gasteiger partial charge in [-0.25, -0.2) is 0 Å². The van der Waals surface area contributed by atoms with E-state index in [0.29, 0.717) is 6.54 Å². The van der Waals surface area contributed by atoms with Crippen LogP contribution in [-0.4, -0.2) is 13.1 Å². The van der Waals surface area contributed by atoms with Crippen molar-refractivity contribution in [1.29, 1.82) is 0 Å². The number of anilines is 1. The highest BCUT2D eigenvalue weighted by atomic mass is 14.9. The third-order valence-corrected chi connectivity index (χ3v) is 2.15. The molecule has 0 unspecified atom stereocenters. The molecule has 0 radical (unpaired) electrons. The molecule has 3 nitrogen and oxygen atoms in total. The standard InChI is InChI=1S/C11H19N3/c12-7-1-2-8-14-11-5-3-10(9-13)4-6-11/h3-6,14H,1-2,7-9,12-13H2. The molecule has 0 bridgehead atoms. The van der Waals surface area contributed by atoms with Crippen molar-refractivity contribution in [2.75, 3.05) is 18.4 Å². The third-order valence-electron chi connectivity index (χ3n) is 2.15. The highest BCUT2D eigenvalue weighted by Gasteiger charge is 1.92. The van der Waals surface area contributed by atoms with Crippen molar-refractivity contribution < 1.29 is 0 Å². The molecule has 1 aromatic rings. The van der Waals surface area contributed by atoms with E-state index in [9.17, 15) is 0 Å². The maximum absolute atomic E-state index is 5.51. The predicted molar refractivity (Wildman–Crippen MR) is 61.1 cm³/mol. The number of rotatable bonds is 6. The van der Waals surface area contributed by atoms with Gasteiger partial charge in [-0.2, -0.15) is 0 Å². The van der Waals surface area contributed by atoms with E-state index in [1.54, 1.807) is 0 Å². The molecule has 5 N–H and O–H groups in total. The van der Waals surface area contributed by atoms with Crippen LogP contribution < -0.4 is 16.8 Å². The number of benzene rings is 1. The van der Waals surface area contributed by atoms with Gasteiger partial charge in [-0.15, -0.1) is 0 Å². The van der Waals surface area contributed by atoms with Gasteiger partial charge in [0.1, 0.15) is 0 Å². The third kappa shape index (κ3) is 3.77. The Morgan fingerprint density at radius 3 is 2.29 bits per heavy atom. The van der Waals surface area contributed by atoms with E-state index in [2.05, 4.69) is 17.4 Å².